The van der Waals surface area contributed by atoms with Crippen LogP contribution in [0.25, 0.3) is 11.1 Å². The fourth-order valence-electron chi connectivity index (χ4n) is 2.62. The zero-order chi connectivity index (χ0) is 19.2. The predicted molar refractivity (Wildman–Crippen MR) is 104 cm³/mol. The molecule has 0 heterocycles. The number of Topliss-reactive ketones (excluding diaryl/α,β-unsaturated/α-hetero) is 1. The second-order valence-electron chi connectivity index (χ2n) is 6.17. The highest BCUT2D eigenvalue weighted by molar-refractivity contribution is 5.99. The van der Waals surface area contributed by atoms with Gasteiger partial charge in [-0.05, 0) is 54.4 Å². The van der Waals surface area contributed by atoms with E-state index < -0.39 is 5.97 Å². The van der Waals surface area contributed by atoms with Crippen LogP contribution >= 0.6 is 0 Å². The molecule has 0 saturated heterocycles. The van der Waals surface area contributed by atoms with Gasteiger partial charge < -0.3 is 9.47 Å². The number of ether oxygens (including phenoxy) is 2. The number of carbonyl (C=O) groups is 2. The largest absolute Gasteiger partial charge is 0.497 e. The van der Waals surface area contributed by atoms with Gasteiger partial charge >= 0.3 is 5.97 Å². The smallest absolute Gasteiger partial charge is 0.338 e. The molecule has 0 spiro atoms. The Bertz CT molecular complexity index is 924. The SMILES string of the molecule is COc1ccc(C(=O)COC(=O)c2ccc(-c3ccc(C)cc3)cc2)cc1. The summed E-state index contributed by atoms with van der Waals surface area (Å²) >= 11 is 0. The molecule has 136 valence electrons. The van der Waals surface area contributed by atoms with Gasteiger partial charge in [-0.3, -0.25) is 4.79 Å². The quantitative estimate of drug-likeness (QED) is 0.472. The van der Waals surface area contributed by atoms with Crippen LogP contribution < -0.4 is 4.74 Å². The highest BCUT2D eigenvalue weighted by atomic mass is 16.5. The van der Waals surface area contributed by atoms with E-state index in [0.29, 0.717) is 16.9 Å². The molecule has 0 aromatic heterocycles. The van der Waals surface area contributed by atoms with Gasteiger partial charge in [0.2, 0.25) is 0 Å². The van der Waals surface area contributed by atoms with E-state index in [9.17, 15) is 9.59 Å². The zero-order valence-corrected chi connectivity index (χ0v) is 15.3. The fourth-order valence-corrected chi connectivity index (χ4v) is 2.62. The van der Waals surface area contributed by atoms with Crippen molar-refractivity contribution in [2.24, 2.45) is 0 Å². The number of carbonyl (C=O) groups excluding carboxylic acids is 2. The molecule has 0 aliphatic rings. The number of rotatable bonds is 6. The van der Waals surface area contributed by atoms with Crippen LogP contribution in [-0.2, 0) is 4.74 Å². The lowest BCUT2D eigenvalue weighted by molar-refractivity contribution is 0.0475. The van der Waals surface area contributed by atoms with Gasteiger partial charge in [0.25, 0.3) is 0 Å². The topological polar surface area (TPSA) is 52.6 Å². The maximum atomic E-state index is 12.2. The van der Waals surface area contributed by atoms with E-state index in [4.69, 9.17) is 9.47 Å². The molecule has 3 rings (SSSR count). The van der Waals surface area contributed by atoms with Crippen molar-refractivity contribution in [3.05, 3.63) is 89.5 Å². The van der Waals surface area contributed by atoms with Crippen molar-refractivity contribution in [1.29, 1.82) is 0 Å². The Morgan fingerprint density at radius 2 is 1.26 bits per heavy atom. The first-order valence-corrected chi connectivity index (χ1v) is 8.58. The van der Waals surface area contributed by atoms with Crippen molar-refractivity contribution in [3.8, 4) is 16.9 Å². The molecule has 0 atom stereocenters. The Kier molecular flexibility index (Phi) is 5.67. The summed E-state index contributed by atoms with van der Waals surface area (Å²) in [7, 11) is 1.56. The summed E-state index contributed by atoms with van der Waals surface area (Å²) in [6, 6.07) is 22.0. The van der Waals surface area contributed by atoms with E-state index in [1.54, 1.807) is 43.5 Å². The van der Waals surface area contributed by atoms with Crippen molar-refractivity contribution in [1.82, 2.24) is 0 Å². The lowest BCUT2D eigenvalue weighted by Crippen LogP contribution is -2.14. The zero-order valence-electron chi connectivity index (χ0n) is 15.3. The predicted octanol–water partition coefficient (Wildman–Crippen LogP) is 4.71. The molecule has 0 saturated carbocycles. The monoisotopic (exact) mass is 360 g/mol. The molecule has 27 heavy (non-hydrogen) atoms. The summed E-state index contributed by atoms with van der Waals surface area (Å²) in [5, 5.41) is 0. The van der Waals surface area contributed by atoms with Gasteiger partial charge in [-0.2, -0.15) is 0 Å². The van der Waals surface area contributed by atoms with Crippen molar-refractivity contribution in [2.75, 3.05) is 13.7 Å². The van der Waals surface area contributed by atoms with Crippen LogP contribution in [0.5, 0.6) is 5.75 Å². The lowest BCUT2D eigenvalue weighted by atomic mass is 10.0. The van der Waals surface area contributed by atoms with Crippen molar-refractivity contribution in [2.45, 2.75) is 6.92 Å². The number of benzene rings is 3. The van der Waals surface area contributed by atoms with Crippen LogP contribution in [-0.4, -0.2) is 25.5 Å². The third kappa shape index (κ3) is 4.61. The summed E-state index contributed by atoms with van der Waals surface area (Å²) in [4.78, 5) is 24.3. The molecule has 3 aromatic rings. The molecule has 0 radical (unpaired) electrons. The molecular formula is C23H20O4. The molecule has 0 unspecified atom stereocenters. The first-order valence-electron chi connectivity index (χ1n) is 8.58. The molecule has 0 aliphatic carbocycles. The summed E-state index contributed by atoms with van der Waals surface area (Å²) in [6.07, 6.45) is 0. The van der Waals surface area contributed by atoms with Gasteiger partial charge in [-0.15, -0.1) is 0 Å². The van der Waals surface area contributed by atoms with Crippen LogP contribution in [0.1, 0.15) is 26.3 Å². The van der Waals surface area contributed by atoms with E-state index in [1.807, 2.05) is 43.3 Å². The van der Waals surface area contributed by atoms with Crippen LogP contribution in [0.3, 0.4) is 0 Å². The van der Waals surface area contributed by atoms with E-state index in [1.165, 1.54) is 5.56 Å². The van der Waals surface area contributed by atoms with Crippen LogP contribution in [0.4, 0.5) is 0 Å². The average Bonchev–Trinajstić information content (AvgIpc) is 2.72. The Hall–Kier alpha value is -3.40. The van der Waals surface area contributed by atoms with E-state index >= 15 is 0 Å². The van der Waals surface area contributed by atoms with Gasteiger partial charge in [0.15, 0.2) is 12.4 Å². The van der Waals surface area contributed by atoms with E-state index in [-0.39, 0.29) is 12.4 Å². The van der Waals surface area contributed by atoms with Crippen LogP contribution in [0, 0.1) is 6.92 Å². The number of esters is 1. The minimum Gasteiger partial charge on any atom is -0.497 e. The minimum absolute atomic E-state index is 0.262. The lowest BCUT2D eigenvalue weighted by Gasteiger charge is -2.07. The third-order valence-electron chi connectivity index (χ3n) is 4.25. The van der Waals surface area contributed by atoms with E-state index in [2.05, 4.69) is 0 Å². The number of ketones is 1. The summed E-state index contributed by atoms with van der Waals surface area (Å²) in [5.74, 6) is -0.119. The molecule has 0 aliphatic heterocycles. The van der Waals surface area contributed by atoms with Gasteiger partial charge in [0.1, 0.15) is 5.75 Å². The normalized spacial score (nSPS) is 10.3. The Morgan fingerprint density at radius 1 is 0.741 bits per heavy atom. The minimum atomic E-state index is -0.521. The molecular weight excluding hydrogens is 340 g/mol. The van der Waals surface area contributed by atoms with Gasteiger partial charge in [0, 0.05) is 5.56 Å². The van der Waals surface area contributed by atoms with Crippen molar-refractivity contribution in [3.63, 3.8) is 0 Å². The molecule has 4 nitrogen and oxygen atoms in total. The fraction of sp³-hybridized carbons (Fsp3) is 0.130. The third-order valence-corrected chi connectivity index (χ3v) is 4.25. The summed E-state index contributed by atoms with van der Waals surface area (Å²) < 4.78 is 10.2. The first-order chi connectivity index (χ1) is 13.1. The first kappa shape index (κ1) is 18.4. The van der Waals surface area contributed by atoms with Crippen LogP contribution in [0.15, 0.2) is 72.8 Å². The van der Waals surface area contributed by atoms with Crippen LogP contribution in [0.2, 0.25) is 0 Å². The number of methoxy groups -OCH3 is 1. The average molecular weight is 360 g/mol. The standard InChI is InChI=1S/C23H20O4/c1-16-3-5-17(6-4-16)18-7-9-20(10-8-18)23(25)27-15-22(24)19-11-13-21(26-2)14-12-19/h3-14H,15H2,1-2H3. The second-order valence-corrected chi connectivity index (χ2v) is 6.17. The van der Waals surface area contributed by atoms with E-state index in [0.717, 1.165) is 11.1 Å². The number of hydrogen-bond donors (Lipinski definition) is 0. The van der Waals surface area contributed by atoms with Gasteiger partial charge in [-0.1, -0.05) is 42.0 Å². The highest BCUT2D eigenvalue weighted by Gasteiger charge is 2.12. The summed E-state index contributed by atoms with van der Waals surface area (Å²) in [5.41, 5.74) is 4.17. The Labute approximate surface area is 158 Å². The Morgan fingerprint density at radius 3 is 1.81 bits per heavy atom. The van der Waals surface area contributed by atoms with Crippen molar-refractivity contribution >= 4 is 11.8 Å². The molecule has 3 aromatic carbocycles. The maximum absolute atomic E-state index is 12.2. The molecule has 0 bridgehead atoms. The van der Waals surface area contributed by atoms with Crippen molar-refractivity contribution < 1.29 is 19.1 Å². The number of hydrogen-bond acceptors (Lipinski definition) is 4. The number of aryl methyl sites for hydroxylation is 1. The van der Waals surface area contributed by atoms with Gasteiger partial charge in [-0.25, -0.2) is 4.79 Å². The molecule has 0 N–H and O–H groups in total. The second kappa shape index (κ2) is 8.32. The maximum Gasteiger partial charge on any atom is 0.338 e. The molecule has 0 fully saturated rings. The van der Waals surface area contributed by atoms with Gasteiger partial charge in [0.05, 0.1) is 12.7 Å². The summed E-state index contributed by atoms with van der Waals surface area (Å²) in [6.45, 7) is 1.74. The Balaban J connectivity index is 1.60. The molecule has 0 amide bonds. The highest BCUT2D eigenvalue weighted by Crippen LogP contribution is 2.20. The molecule has 4 heteroatoms.